The molecule has 1 aliphatic heterocycles. The highest BCUT2D eigenvalue weighted by atomic mass is 32.2. The van der Waals surface area contributed by atoms with Crippen molar-refractivity contribution in [3.8, 4) is 5.69 Å². The molecule has 0 unspecified atom stereocenters. The molecule has 0 saturated carbocycles. The fourth-order valence-electron chi connectivity index (χ4n) is 3.27. The highest BCUT2D eigenvalue weighted by Crippen LogP contribution is 2.31. The zero-order valence-corrected chi connectivity index (χ0v) is 18.2. The topological polar surface area (TPSA) is 87.5 Å². The molecule has 1 aliphatic rings. The number of fused-ring (bicyclic) bond motifs is 3. The van der Waals surface area contributed by atoms with Crippen molar-refractivity contribution in [1.29, 1.82) is 0 Å². The van der Waals surface area contributed by atoms with Gasteiger partial charge in [0.05, 0.1) is 17.9 Å². The standard InChI is InChI=1S/C20H29N5O3S/c1-15(2)9-11-24-13-17-19(20(26)21-10-12-23(3)4)22-14-25(17)16-7-5-6-8-18(16)29(24,27)28/h5-8,14-15H,9-13H2,1-4H3,(H,21,26). The number of carbonyl (C=O) groups is 1. The number of rotatable bonds is 7. The lowest BCUT2D eigenvalue weighted by molar-refractivity contribution is 0.0944. The summed E-state index contributed by atoms with van der Waals surface area (Å²) < 4.78 is 29.8. The predicted octanol–water partition coefficient (Wildman–Crippen LogP) is 1.71. The second kappa shape index (κ2) is 8.64. The summed E-state index contributed by atoms with van der Waals surface area (Å²) in [5.41, 5.74) is 1.38. The fourth-order valence-corrected chi connectivity index (χ4v) is 4.86. The van der Waals surface area contributed by atoms with E-state index in [0.717, 1.165) is 6.42 Å². The summed E-state index contributed by atoms with van der Waals surface area (Å²) in [7, 11) is 0.191. The van der Waals surface area contributed by atoms with Gasteiger partial charge in [0.2, 0.25) is 10.0 Å². The first-order valence-electron chi connectivity index (χ1n) is 9.80. The summed E-state index contributed by atoms with van der Waals surface area (Å²) in [6.07, 6.45) is 2.27. The minimum absolute atomic E-state index is 0.111. The van der Waals surface area contributed by atoms with Gasteiger partial charge in [-0.2, -0.15) is 4.31 Å². The van der Waals surface area contributed by atoms with Crippen LogP contribution in [0.5, 0.6) is 0 Å². The lowest BCUT2D eigenvalue weighted by atomic mass is 10.1. The first kappa shape index (κ1) is 21.5. The summed E-state index contributed by atoms with van der Waals surface area (Å²) >= 11 is 0. The number of amides is 1. The van der Waals surface area contributed by atoms with Crippen molar-refractivity contribution in [3.63, 3.8) is 0 Å². The quantitative estimate of drug-likeness (QED) is 0.738. The van der Waals surface area contributed by atoms with Crippen molar-refractivity contribution in [3.05, 3.63) is 42.0 Å². The number of aromatic nitrogens is 2. The van der Waals surface area contributed by atoms with E-state index < -0.39 is 10.0 Å². The molecule has 9 heteroatoms. The molecule has 1 N–H and O–H groups in total. The Morgan fingerprint density at radius 2 is 2.00 bits per heavy atom. The van der Waals surface area contributed by atoms with Crippen molar-refractivity contribution < 1.29 is 13.2 Å². The molecular weight excluding hydrogens is 390 g/mol. The van der Waals surface area contributed by atoms with E-state index >= 15 is 0 Å². The van der Waals surface area contributed by atoms with Gasteiger partial charge < -0.3 is 10.2 Å². The third kappa shape index (κ3) is 4.52. The van der Waals surface area contributed by atoms with E-state index in [1.54, 1.807) is 28.8 Å². The Kier molecular flexibility index (Phi) is 6.40. The van der Waals surface area contributed by atoms with E-state index in [9.17, 15) is 13.2 Å². The summed E-state index contributed by atoms with van der Waals surface area (Å²) in [5, 5.41) is 2.87. The van der Waals surface area contributed by atoms with Gasteiger partial charge in [0.25, 0.3) is 5.91 Å². The number of hydrogen-bond acceptors (Lipinski definition) is 5. The molecule has 0 bridgehead atoms. The molecule has 2 aromatic rings. The van der Waals surface area contributed by atoms with Gasteiger partial charge in [0.1, 0.15) is 11.2 Å². The Labute approximate surface area is 172 Å². The SMILES string of the molecule is CC(C)CCN1Cc2c(C(=O)NCCN(C)C)ncn2-c2ccccc2S1(=O)=O. The van der Waals surface area contributed by atoms with Gasteiger partial charge in [-0.05, 0) is 38.6 Å². The fraction of sp³-hybridized carbons (Fsp3) is 0.500. The molecule has 0 fully saturated rings. The molecule has 2 heterocycles. The van der Waals surface area contributed by atoms with Crippen LogP contribution in [0.1, 0.15) is 36.5 Å². The van der Waals surface area contributed by atoms with Crippen LogP contribution in [0.3, 0.4) is 0 Å². The largest absolute Gasteiger partial charge is 0.349 e. The van der Waals surface area contributed by atoms with Gasteiger partial charge in [0, 0.05) is 19.6 Å². The molecule has 1 amide bonds. The number of benzene rings is 1. The van der Waals surface area contributed by atoms with Gasteiger partial charge in [-0.25, -0.2) is 13.4 Å². The maximum absolute atomic E-state index is 13.3. The van der Waals surface area contributed by atoms with Crippen molar-refractivity contribution >= 4 is 15.9 Å². The van der Waals surface area contributed by atoms with Crippen molar-refractivity contribution in [2.24, 2.45) is 5.92 Å². The van der Waals surface area contributed by atoms with E-state index in [1.807, 2.05) is 19.0 Å². The Morgan fingerprint density at radius 3 is 2.69 bits per heavy atom. The number of para-hydroxylation sites is 1. The maximum atomic E-state index is 13.3. The molecule has 3 rings (SSSR count). The van der Waals surface area contributed by atoms with E-state index in [0.29, 0.717) is 36.9 Å². The van der Waals surface area contributed by atoms with Crippen LogP contribution in [0.15, 0.2) is 35.5 Å². The molecule has 8 nitrogen and oxygen atoms in total. The number of likely N-dealkylation sites (N-methyl/N-ethyl adjacent to an activating group) is 1. The zero-order chi connectivity index (χ0) is 21.2. The molecular formula is C20H29N5O3S. The highest BCUT2D eigenvalue weighted by molar-refractivity contribution is 7.89. The number of hydrogen-bond donors (Lipinski definition) is 1. The number of carbonyl (C=O) groups excluding carboxylic acids is 1. The number of imidazole rings is 1. The van der Waals surface area contributed by atoms with Crippen LogP contribution >= 0.6 is 0 Å². The minimum Gasteiger partial charge on any atom is -0.349 e. The molecule has 158 valence electrons. The maximum Gasteiger partial charge on any atom is 0.271 e. The monoisotopic (exact) mass is 419 g/mol. The van der Waals surface area contributed by atoms with Crippen LogP contribution in [0, 0.1) is 5.92 Å². The van der Waals surface area contributed by atoms with E-state index in [4.69, 9.17) is 0 Å². The summed E-state index contributed by atoms with van der Waals surface area (Å²) in [4.78, 5) is 19.3. The minimum atomic E-state index is -3.68. The van der Waals surface area contributed by atoms with Crippen molar-refractivity contribution in [1.82, 2.24) is 24.1 Å². The number of sulfonamides is 1. The van der Waals surface area contributed by atoms with Gasteiger partial charge >= 0.3 is 0 Å². The molecule has 0 atom stereocenters. The molecule has 0 radical (unpaired) electrons. The molecule has 0 aliphatic carbocycles. The zero-order valence-electron chi connectivity index (χ0n) is 17.4. The van der Waals surface area contributed by atoms with Gasteiger partial charge in [-0.1, -0.05) is 26.0 Å². The summed E-state index contributed by atoms with van der Waals surface area (Å²) in [6.45, 7) is 5.82. The lowest BCUT2D eigenvalue weighted by Gasteiger charge is -2.21. The summed E-state index contributed by atoms with van der Waals surface area (Å²) in [6, 6.07) is 6.86. The highest BCUT2D eigenvalue weighted by Gasteiger charge is 2.34. The second-order valence-electron chi connectivity index (χ2n) is 7.96. The Bertz CT molecular complexity index is 982. The van der Waals surface area contributed by atoms with E-state index in [2.05, 4.69) is 24.1 Å². The normalized spacial score (nSPS) is 15.8. The van der Waals surface area contributed by atoms with Gasteiger partial charge in [0.15, 0.2) is 5.69 Å². The Balaban J connectivity index is 2.01. The molecule has 0 saturated heterocycles. The van der Waals surface area contributed by atoms with Crippen LogP contribution in [0.25, 0.3) is 5.69 Å². The first-order valence-corrected chi connectivity index (χ1v) is 11.2. The van der Waals surface area contributed by atoms with Gasteiger partial charge in [-0.15, -0.1) is 0 Å². The van der Waals surface area contributed by atoms with E-state index in [-0.39, 0.29) is 23.0 Å². The molecule has 0 spiro atoms. The predicted molar refractivity (Wildman–Crippen MR) is 112 cm³/mol. The first-order chi connectivity index (χ1) is 13.7. The van der Waals surface area contributed by atoms with Gasteiger partial charge in [-0.3, -0.25) is 9.36 Å². The van der Waals surface area contributed by atoms with Crippen LogP contribution in [0.2, 0.25) is 0 Å². The number of nitrogens with zero attached hydrogens (tertiary/aromatic N) is 4. The molecule has 1 aromatic heterocycles. The third-order valence-corrected chi connectivity index (χ3v) is 6.84. The van der Waals surface area contributed by atoms with Crippen LogP contribution in [-0.4, -0.2) is 66.8 Å². The van der Waals surface area contributed by atoms with Crippen molar-refractivity contribution in [2.45, 2.75) is 31.7 Å². The van der Waals surface area contributed by atoms with Crippen LogP contribution < -0.4 is 5.32 Å². The lowest BCUT2D eigenvalue weighted by Crippen LogP contribution is -2.34. The summed E-state index contributed by atoms with van der Waals surface area (Å²) in [5.74, 6) is 0.0728. The average Bonchev–Trinajstić information content (AvgIpc) is 3.04. The average molecular weight is 420 g/mol. The third-order valence-electron chi connectivity index (χ3n) is 4.95. The van der Waals surface area contributed by atoms with Crippen LogP contribution in [0.4, 0.5) is 0 Å². The second-order valence-corrected chi connectivity index (χ2v) is 9.86. The Morgan fingerprint density at radius 1 is 1.28 bits per heavy atom. The van der Waals surface area contributed by atoms with Crippen molar-refractivity contribution in [2.75, 3.05) is 33.7 Å². The molecule has 1 aromatic carbocycles. The smallest absolute Gasteiger partial charge is 0.271 e. The Hall–Kier alpha value is -2.23. The van der Waals surface area contributed by atoms with Crippen LogP contribution in [-0.2, 0) is 16.6 Å². The molecule has 29 heavy (non-hydrogen) atoms. The number of nitrogens with one attached hydrogen (secondary N) is 1. The van der Waals surface area contributed by atoms with E-state index in [1.165, 1.54) is 10.6 Å².